The van der Waals surface area contributed by atoms with Crippen LogP contribution in [0.2, 0.25) is 0 Å². The predicted molar refractivity (Wildman–Crippen MR) is 100.0 cm³/mol. The number of rotatable bonds is 5. The van der Waals surface area contributed by atoms with Crippen molar-refractivity contribution in [2.45, 2.75) is 64.8 Å². The standard InChI is InChI=1S/C20H29N5/c1-14(2)18-11-19(23-15(3)22-18)24-9-4-5-17(13-24)20-21-8-10-25(20)12-16-6-7-16/h8,10-11,14,16-17H,4-7,9,12-13H2,1-3H3/t17-/m0/s1. The lowest BCUT2D eigenvalue weighted by molar-refractivity contribution is 0.461. The maximum atomic E-state index is 4.72. The van der Waals surface area contributed by atoms with Crippen LogP contribution in [-0.4, -0.2) is 32.6 Å². The Morgan fingerprint density at radius 3 is 2.80 bits per heavy atom. The largest absolute Gasteiger partial charge is 0.356 e. The molecule has 2 aromatic heterocycles. The highest BCUT2D eigenvalue weighted by Gasteiger charge is 2.28. The molecule has 2 fully saturated rings. The molecular formula is C20H29N5. The van der Waals surface area contributed by atoms with Gasteiger partial charge in [0.25, 0.3) is 0 Å². The van der Waals surface area contributed by atoms with E-state index in [4.69, 9.17) is 9.97 Å². The Bertz CT molecular complexity index is 731. The van der Waals surface area contributed by atoms with Crippen LogP contribution in [0.5, 0.6) is 0 Å². The van der Waals surface area contributed by atoms with Crippen LogP contribution >= 0.6 is 0 Å². The third kappa shape index (κ3) is 3.70. The summed E-state index contributed by atoms with van der Waals surface area (Å²) < 4.78 is 2.40. The number of aryl methyl sites for hydroxylation is 1. The summed E-state index contributed by atoms with van der Waals surface area (Å²) in [5.41, 5.74) is 1.14. The molecule has 5 nitrogen and oxygen atoms in total. The molecule has 1 aliphatic carbocycles. The molecule has 0 aromatic carbocycles. The van der Waals surface area contributed by atoms with Gasteiger partial charge in [-0.25, -0.2) is 15.0 Å². The fourth-order valence-electron chi connectivity index (χ4n) is 3.84. The van der Waals surface area contributed by atoms with Gasteiger partial charge in [-0.2, -0.15) is 0 Å². The van der Waals surface area contributed by atoms with E-state index in [2.05, 4.69) is 40.6 Å². The third-order valence-corrected chi connectivity index (χ3v) is 5.45. The van der Waals surface area contributed by atoms with Gasteiger partial charge in [0.05, 0.1) is 0 Å². The van der Waals surface area contributed by atoms with Crippen molar-refractivity contribution in [2.75, 3.05) is 18.0 Å². The van der Waals surface area contributed by atoms with E-state index in [1.807, 2.05) is 13.1 Å². The average molecular weight is 339 g/mol. The highest BCUT2D eigenvalue weighted by Crippen LogP contribution is 2.34. The minimum atomic E-state index is 0.429. The Labute approximate surface area is 150 Å². The smallest absolute Gasteiger partial charge is 0.132 e. The molecule has 0 spiro atoms. The molecule has 1 aliphatic heterocycles. The van der Waals surface area contributed by atoms with E-state index in [9.17, 15) is 0 Å². The molecule has 0 radical (unpaired) electrons. The van der Waals surface area contributed by atoms with Crippen molar-refractivity contribution in [3.8, 4) is 0 Å². The first-order chi connectivity index (χ1) is 12.1. The van der Waals surface area contributed by atoms with Gasteiger partial charge in [0.1, 0.15) is 17.5 Å². The fraction of sp³-hybridized carbons (Fsp3) is 0.650. The summed E-state index contributed by atoms with van der Waals surface area (Å²) in [5, 5.41) is 0. The van der Waals surface area contributed by atoms with E-state index in [0.29, 0.717) is 11.8 Å². The van der Waals surface area contributed by atoms with Crippen molar-refractivity contribution in [3.05, 3.63) is 35.8 Å². The number of hydrogen-bond donors (Lipinski definition) is 0. The van der Waals surface area contributed by atoms with Crippen LogP contribution in [0.3, 0.4) is 0 Å². The molecule has 0 bridgehead atoms. The first-order valence-electron chi connectivity index (χ1n) is 9.71. The molecule has 4 rings (SSSR count). The van der Waals surface area contributed by atoms with Gasteiger partial charge in [-0.15, -0.1) is 0 Å². The Hall–Kier alpha value is -1.91. The number of imidazole rings is 1. The highest BCUT2D eigenvalue weighted by molar-refractivity contribution is 5.41. The van der Waals surface area contributed by atoms with Gasteiger partial charge in [0.2, 0.25) is 0 Å². The summed E-state index contributed by atoms with van der Waals surface area (Å²) in [6.07, 6.45) is 9.32. The van der Waals surface area contributed by atoms with Crippen molar-refractivity contribution in [2.24, 2.45) is 5.92 Å². The first kappa shape index (κ1) is 16.6. The minimum absolute atomic E-state index is 0.429. The molecule has 2 aromatic rings. The van der Waals surface area contributed by atoms with Gasteiger partial charge in [-0.1, -0.05) is 13.8 Å². The van der Waals surface area contributed by atoms with Crippen molar-refractivity contribution >= 4 is 5.82 Å². The molecule has 5 heteroatoms. The number of nitrogens with zero attached hydrogens (tertiary/aromatic N) is 5. The van der Waals surface area contributed by atoms with Crippen LogP contribution in [-0.2, 0) is 6.54 Å². The summed E-state index contributed by atoms with van der Waals surface area (Å²) >= 11 is 0. The first-order valence-corrected chi connectivity index (χ1v) is 9.71. The van der Waals surface area contributed by atoms with Gasteiger partial charge in [-0.3, -0.25) is 0 Å². The SMILES string of the molecule is Cc1nc(C(C)C)cc(N2CCC[C@H](c3nccn3CC3CC3)C2)n1. The summed E-state index contributed by atoms with van der Waals surface area (Å²) in [4.78, 5) is 16.5. The lowest BCUT2D eigenvalue weighted by Crippen LogP contribution is -2.36. The number of hydrogen-bond acceptors (Lipinski definition) is 4. The Kier molecular flexibility index (Phi) is 4.48. The zero-order chi connectivity index (χ0) is 17.4. The van der Waals surface area contributed by atoms with Crippen molar-refractivity contribution in [3.63, 3.8) is 0 Å². The second kappa shape index (κ2) is 6.77. The van der Waals surface area contributed by atoms with Gasteiger partial charge < -0.3 is 9.47 Å². The van der Waals surface area contributed by atoms with E-state index >= 15 is 0 Å². The highest BCUT2D eigenvalue weighted by atomic mass is 15.2. The summed E-state index contributed by atoms with van der Waals surface area (Å²) in [5.74, 6) is 5.04. The third-order valence-electron chi connectivity index (χ3n) is 5.45. The normalized spacial score (nSPS) is 21.1. The molecule has 0 N–H and O–H groups in total. The van der Waals surface area contributed by atoms with Crippen LogP contribution in [0.4, 0.5) is 5.82 Å². The molecule has 1 saturated carbocycles. The van der Waals surface area contributed by atoms with Crippen LogP contribution in [0, 0.1) is 12.8 Å². The summed E-state index contributed by atoms with van der Waals surface area (Å²) in [6, 6.07) is 2.18. The van der Waals surface area contributed by atoms with E-state index in [-0.39, 0.29) is 0 Å². The summed E-state index contributed by atoms with van der Waals surface area (Å²) in [7, 11) is 0. The monoisotopic (exact) mass is 339 g/mol. The van der Waals surface area contributed by atoms with Gasteiger partial charge in [-0.05, 0) is 44.4 Å². The van der Waals surface area contributed by atoms with Gasteiger partial charge >= 0.3 is 0 Å². The van der Waals surface area contributed by atoms with Crippen molar-refractivity contribution in [1.82, 2.24) is 19.5 Å². The molecular weight excluding hydrogens is 310 g/mol. The van der Waals surface area contributed by atoms with E-state index < -0.39 is 0 Å². The zero-order valence-corrected chi connectivity index (χ0v) is 15.6. The second-order valence-electron chi connectivity index (χ2n) is 8.02. The van der Waals surface area contributed by atoms with Crippen LogP contribution < -0.4 is 4.90 Å². The Balaban J connectivity index is 1.54. The molecule has 2 aliphatic rings. The lowest BCUT2D eigenvalue weighted by atomic mass is 9.97. The maximum Gasteiger partial charge on any atom is 0.132 e. The van der Waals surface area contributed by atoms with Crippen LogP contribution in [0.15, 0.2) is 18.5 Å². The van der Waals surface area contributed by atoms with Crippen molar-refractivity contribution in [1.29, 1.82) is 0 Å². The van der Waals surface area contributed by atoms with Crippen molar-refractivity contribution < 1.29 is 0 Å². The molecule has 25 heavy (non-hydrogen) atoms. The molecule has 134 valence electrons. The Morgan fingerprint density at radius 1 is 1.20 bits per heavy atom. The quantitative estimate of drug-likeness (QED) is 0.829. The van der Waals surface area contributed by atoms with Gasteiger partial charge in [0, 0.05) is 49.7 Å². The Morgan fingerprint density at radius 2 is 2.04 bits per heavy atom. The second-order valence-corrected chi connectivity index (χ2v) is 8.02. The molecule has 0 amide bonds. The molecule has 3 heterocycles. The van der Waals surface area contributed by atoms with E-state index in [1.54, 1.807) is 0 Å². The predicted octanol–water partition coefficient (Wildman–Crippen LogP) is 3.90. The number of aromatic nitrogens is 4. The van der Waals surface area contributed by atoms with Gasteiger partial charge in [0.15, 0.2) is 0 Å². The molecule has 1 atom stereocenters. The average Bonchev–Trinajstić information content (AvgIpc) is 3.29. The van der Waals surface area contributed by atoms with E-state index in [0.717, 1.165) is 42.9 Å². The molecule has 0 unspecified atom stereocenters. The number of anilines is 1. The number of piperidine rings is 1. The minimum Gasteiger partial charge on any atom is -0.356 e. The van der Waals surface area contributed by atoms with Crippen LogP contribution in [0.1, 0.15) is 68.7 Å². The summed E-state index contributed by atoms with van der Waals surface area (Å²) in [6.45, 7) is 9.62. The maximum absolute atomic E-state index is 4.72. The lowest BCUT2D eigenvalue weighted by Gasteiger charge is -2.34. The van der Waals surface area contributed by atoms with E-state index in [1.165, 1.54) is 31.5 Å². The fourth-order valence-corrected chi connectivity index (χ4v) is 3.84. The molecule has 1 saturated heterocycles. The zero-order valence-electron chi connectivity index (χ0n) is 15.6. The van der Waals surface area contributed by atoms with Crippen LogP contribution in [0.25, 0.3) is 0 Å². The topological polar surface area (TPSA) is 46.8 Å².